The van der Waals surface area contributed by atoms with Crippen LogP contribution in [-0.2, 0) is 16.0 Å². The molecule has 33 heavy (non-hydrogen) atoms. The topological polar surface area (TPSA) is 78.1 Å². The molecule has 166 valence electrons. The van der Waals surface area contributed by atoms with Gasteiger partial charge in [-0.25, -0.2) is 4.98 Å². The first kappa shape index (κ1) is 21.2. The standard InChI is InChI=1S/C26H23ClN4O2/c1-16(32)31-13-12-17-6-2-3-7-19(17)24(31)15-25(33)28-18-10-11-22-23(14-18)30-26(29-22)20-8-4-5-9-21(20)27/h2-11,14,24H,12-13,15H2,1H3,(H,28,33)(H,29,30). The molecule has 2 amide bonds. The van der Waals surface area contributed by atoms with Crippen LogP contribution in [0.25, 0.3) is 22.4 Å². The van der Waals surface area contributed by atoms with E-state index in [-0.39, 0.29) is 24.3 Å². The second-order valence-electron chi connectivity index (χ2n) is 8.23. The van der Waals surface area contributed by atoms with Gasteiger partial charge in [0.05, 0.1) is 28.5 Å². The maximum atomic E-state index is 13.0. The fourth-order valence-corrected chi connectivity index (χ4v) is 4.73. The van der Waals surface area contributed by atoms with Crippen LogP contribution in [0.1, 0.15) is 30.5 Å². The van der Waals surface area contributed by atoms with E-state index in [1.54, 1.807) is 11.8 Å². The zero-order valence-electron chi connectivity index (χ0n) is 18.1. The van der Waals surface area contributed by atoms with Crippen molar-refractivity contribution in [3.63, 3.8) is 0 Å². The number of rotatable bonds is 4. The highest BCUT2D eigenvalue weighted by molar-refractivity contribution is 6.33. The number of nitrogens with one attached hydrogen (secondary N) is 2. The highest BCUT2D eigenvalue weighted by Crippen LogP contribution is 2.33. The third-order valence-electron chi connectivity index (χ3n) is 6.09. The van der Waals surface area contributed by atoms with Gasteiger partial charge in [0.2, 0.25) is 11.8 Å². The summed E-state index contributed by atoms with van der Waals surface area (Å²) in [6.07, 6.45) is 1.00. The zero-order chi connectivity index (χ0) is 22.9. The molecule has 0 fully saturated rings. The Morgan fingerprint density at radius 2 is 1.91 bits per heavy atom. The Balaban J connectivity index is 1.37. The van der Waals surface area contributed by atoms with Gasteiger partial charge in [0.1, 0.15) is 5.82 Å². The number of hydrogen-bond acceptors (Lipinski definition) is 3. The van der Waals surface area contributed by atoms with Gasteiger partial charge in [0.25, 0.3) is 0 Å². The molecule has 5 rings (SSSR count). The number of aromatic nitrogens is 2. The number of nitrogens with zero attached hydrogens (tertiary/aromatic N) is 2. The van der Waals surface area contributed by atoms with E-state index >= 15 is 0 Å². The van der Waals surface area contributed by atoms with E-state index in [9.17, 15) is 9.59 Å². The molecular weight excluding hydrogens is 436 g/mol. The molecule has 3 aromatic carbocycles. The van der Waals surface area contributed by atoms with Crippen molar-refractivity contribution in [3.8, 4) is 11.4 Å². The first-order valence-electron chi connectivity index (χ1n) is 10.9. The molecule has 1 aliphatic rings. The molecule has 1 aromatic heterocycles. The van der Waals surface area contributed by atoms with E-state index in [0.717, 1.165) is 28.6 Å². The number of H-pyrrole nitrogens is 1. The smallest absolute Gasteiger partial charge is 0.226 e. The second-order valence-corrected chi connectivity index (χ2v) is 8.63. The molecule has 0 radical (unpaired) electrons. The van der Waals surface area contributed by atoms with Crippen LogP contribution in [0.15, 0.2) is 66.7 Å². The molecule has 2 heterocycles. The largest absolute Gasteiger partial charge is 0.338 e. The van der Waals surface area contributed by atoms with Crippen molar-refractivity contribution >= 4 is 40.1 Å². The molecule has 2 N–H and O–H groups in total. The van der Waals surface area contributed by atoms with Crippen molar-refractivity contribution in [1.29, 1.82) is 0 Å². The first-order valence-corrected chi connectivity index (χ1v) is 11.3. The van der Waals surface area contributed by atoms with Gasteiger partial charge in [-0.2, -0.15) is 0 Å². The predicted molar refractivity (Wildman–Crippen MR) is 130 cm³/mol. The molecule has 1 aliphatic heterocycles. The van der Waals surface area contributed by atoms with Crippen LogP contribution in [0.2, 0.25) is 5.02 Å². The lowest BCUT2D eigenvalue weighted by atomic mass is 9.90. The Kier molecular flexibility index (Phi) is 5.60. The normalized spacial score (nSPS) is 15.3. The highest BCUT2D eigenvalue weighted by Gasteiger charge is 2.30. The number of hydrogen-bond donors (Lipinski definition) is 2. The number of fused-ring (bicyclic) bond motifs is 2. The Morgan fingerprint density at radius 3 is 2.73 bits per heavy atom. The van der Waals surface area contributed by atoms with Crippen LogP contribution >= 0.6 is 11.6 Å². The minimum atomic E-state index is -0.268. The first-order chi connectivity index (χ1) is 16.0. The van der Waals surface area contributed by atoms with Crippen LogP contribution in [0.4, 0.5) is 5.69 Å². The van der Waals surface area contributed by atoms with E-state index in [0.29, 0.717) is 23.1 Å². The number of halogens is 1. The predicted octanol–water partition coefficient (Wildman–Crippen LogP) is 5.36. The van der Waals surface area contributed by atoms with E-state index in [2.05, 4.69) is 21.4 Å². The average Bonchev–Trinajstić information content (AvgIpc) is 3.22. The maximum absolute atomic E-state index is 13.0. The van der Waals surface area contributed by atoms with Crippen molar-refractivity contribution in [2.24, 2.45) is 0 Å². The van der Waals surface area contributed by atoms with Gasteiger partial charge in [0, 0.05) is 24.7 Å². The van der Waals surface area contributed by atoms with E-state index in [1.165, 1.54) is 5.56 Å². The number of aromatic amines is 1. The lowest BCUT2D eigenvalue weighted by molar-refractivity contribution is -0.132. The van der Waals surface area contributed by atoms with Gasteiger partial charge in [-0.3, -0.25) is 9.59 Å². The van der Waals surface area contributed by atoms with Crippen molar-refractivity contribution in [2.45, 2.75) is 25.8 Å². The van der Waals surface area contributed by atoms with Crippen LogP contribution in [0.5, 0.6) is 0 Å². The Labute approximate surface area is 196 Å². The molecule has 1 atom stereocenters. The summed E-state index contributed by atoms with van der Waals surface area (Å²) in [6, 6.07) is 20.8. The summed E-state index contributed by atoms with van der Waals surface area (Å²) >= 11 is 6.30. The summed E-state index contributed by atoms with van der Waals surface area (Å²) in [5.41, 5.74) is 5.31. The lowest BCUT2D eigenvalue weighted by Crippen LogP contribution is -2.40. The Hall–Kier alpha value is -3.64. The zero-order valence-corrected chi connectivity index (χ0v) is 18.9. The van der Waals surface area contributed by atoms with Gasteiger partial charge >= 0.3 is 0 Å². The number of imidazole rings is 1. The monoisotopic (exact) mass is 458 g/mol. The number of carbonyl (C=O) groups is 2. The molecule has 0 aliphatic carbocycles. The molecule has 0 bridgehead atoms. The molecule has 7 heteroatoms. The molecule has 0 saturated heterocycles. The van der Waals surface area contributed by atoms with E-state index in [4.69, 9.17) is 11.6 Å². The summed E-state index contributed by atoms with van der Waals surface area (Å²) in [7, 11) is 0. The quantitative estimate of drug-likeness (QED) is 0.432. The minimum Gasteiger partial charge on any atom is -0.338 e. The van der Waals surface area contributed by atoms with Crippen molar-refractivity contribution in [1.82, 2.24) is 14.9 Å². The summed E-state index contributed by atoms with van der Waals surface area (Å²) in [6.45, 7) is 2.18. The van der Waals surface area contributed by atoms with Crippen molar-refractivity contribution in [3.05, 3.63) is 82.9 Å². The van der Waals surface area contributed by atoms with Crippen LogP contribution < -0.4 is 5.32 Å². The van der Waals surface area contributed by atoms with Crippen molar-refractivity contribution in [2.75, 3.05) is 11.9 Å². The second kappa shape index (κ2) is 8.71. The van der Waals surface area contributed by atoms with Gasteiger partial charge in [-0.1, -0.05) is 48.0 Å². The average molecular weight is 459 g/mol. The maximum Gasteiger partial charge on any atom is 0.226 e. The molecule has 0 spiro atoms. The van der Waals surface area contributed by atoms with E-state index in [1.807, 2.05) is 60.7 Å². The van der Waals surface area contributed by atoms with Gasteiger partial charge in [-0.15, -0.1) is 0 Å². The fourth-order valence-electron chi connectivity index (χ4n) is 4.50. The van der Waals surface area contributed by atoms with Crippen LogP contribution in [-0.4, -0.2) is 33.2 Å². The molecule has 1 unspecified atom stereocenters. The van der Waals surface area contributed by atoms with Gasteiger partial charge < -0.3 is 15.2 Å². The SMILES string of the molecule is CC(=O)N1CCc2ccccc2C1CC(=O)Nc1ccc2nc(-c3ccccc3Cl)[nH]c2c1. The third kappa shape index (κ3) is 4.22. The molecule has 0 saturated carbocycles. The lowest BCUT2D eigenvalue weighted by Gasteiger charge is -2.36. The molecule has 6 nitrogen and oxygen atoms in total. The van der Waals surface area contributed by atoms with Crippen LogP contribution in [0.3, 0.4) is 0 Å². The van der Waals surface area contributed by atoms with Gasteiger partial charge in [0.15, 0.2) is 0 Å². The summed E-state index contributed by atoms with van der Waals surface area (Å²) in [5, 5.41) is 3.60. The third-order valence-corrected chi connectivity index (χ3v) is 6.42. The summed E-state index contributed by atoms with van der Waals surface area (Å²) < 4.78 is 0. The van der Waals surface area contributed by atoms with E-state index < -0.39 is 0 Å². The van der Waals surface area contributed by atoms with Crippen molar-refractivity contribution < 1.29 is 9.59 Å². The number of amides is 2. The Bertz CT molecular complexity index is 1360. The fraction of sp³-hybridized carbons (Fsp3) is 0.192. The summed E-state index contributed by atoms with van der Waals surface area (Å²) in [4.78, 5) is 34.9. The Morgan fingerprint density at radius 1 is 1.12 bits per heavy atom. The minimum absolute atomic E-state index is 0.0201. The number of anilines is 1. The molecule has 4 aromatic rings. The number of benzene rings is 3. The van der Waals surface area contributed by atoms with Crippen LogP contribution in [0, 0.1) is 0 Å². The molecular formula is C26H23ClN4O2. The highest BCUT2D eigenvalue weighted by atomic mass is 35.5. The number of carbonyl (C=O) groups excluding carboxylic acids is 2. The summed E-state index contributed by atoms with van der Waals surface area (Å²) in [5.74, 6) is 0.511. The van der Waals surface area contributed by atoms with Gasteiger partial charge in [-0.05, 0) is 47.9 Å².